The molecule has 5 rings (SSSR count). The second-order valence-electron chi connectivity index (χ2n) is 9.03. The third-order valence-corrected chi connectivity index (χ3v) is 6.76. The summed E-state index contributed by atoms with van der Waals surface area (Å²) in [5.41, 5.74) is 9.25. The van der Waals surface area contributed by atoms with Crippen molar-refractivity contribution >= 4 is 33.9 Å². The molecule has 2 aliphatic heterocycles. The van der Waals surface area contributed by atoms with E-state index in [4.69, 9.17) is 10.5 Å². The lowest BCUT2D eigenvalue weighted by atomic mass is 10.0. The van der Waals surface area contributed by atoms with Crippen LogP contribution in [0.15, 0.2) is 30.6 Å². The Morgan fingerprint density at radius 3 is 2.77 bits per heavy atom. The van der Waals surface area contributed by atoms with Crippen LogP contribution >= 0.6 is 0 Å². The summed E-state index contributed by atoms with van der Waals surface area (Å²) in [6, 6.07) is 3.67. The minimum Gasteiger partial charge on any atom is -0.378 e. The fraction of sp³-hybridized carbons (Fsp3) is 0.400. The van der Waals surface area contributed by atoms with Crippen molar-refractivity contribution in [2.45, 2.75) is 32.4 Å². The molecular formula is C25H28F2N6O2. The monoisotopic (exact) mass is 482 g/mol. The number of nitrogens with two attached hydrogens (primary N) is 1. The molecule has 0 radical (unpaired) electrons. The number of nitrogens with zero attached hydrogens (tertiary/aromatic N) is 4. The molecule has 3 N–H and O–H groups in total. The van der Waals surface area contributed by atoms with Crippen molar-refractivity contribution in [3.05, 3.63) is 53.5 Å². The van der Waals surface area contributed by atoms with Crippen molar-refractivity contribution in [1.82, 2.24) is 14.9 Å². The van der Waals surface area contributed by atoms with Gasteiger partial charge < -0.3 is 20.7 Å². The number of ether oxygens (including phenoxy) is 1. The molecule has 4 heterocycles. The molecule has 35 heavy (non-hydrogen) atoms. The van der Waals surface area contributed by atoms with Gasteiger partial charge in [0.25, 0.3) is 0 Å². The highest BCUT2D eigenvalue weighted by Gasteiger charge is 2.30. The second kappa shape index (κ2) is 9.71. The molecule has 2 fully saturated rings. The molecule has 8 nitrogen and oxygen atoms in total. The van der Waals surface area contributed by atoms with Crippen molar-refractivity contribution in [1.29, 1.82) is 0 Å². The predicted molar refractivity (Wildman–Crippen MR) is 130 cm³/mol. The van der Waals surface area contributed by atoms with Gasteiger partial charge >= 0.3 is 0 Å². The normalized spacial score (nSPS) is 18.8. The Bertz CT molecular complexity index is 1260. The molecule has 0 saturated carbocycles. The third kappa shape index (κ3) is 4.76. The zero-order valence-electron chi connectivity index (χ0n) is 19.6. The Hall–Kier alpha value is -3.37. The van der Waals surface area contributed by atoms with Gasteiger partial charge in [-0.1, -0.05) is 0 Å². The van der Waals surface area contributed by atoms with Crippen LogP contribution in [0.5, 0.6) is 0 Å². The van der Waals surface area contributed by atoms with Crippen LogP contribution in [0.1, 0.15) is 24.1 Å². The molecule has 0 spiro atoms. The molecule has 184 valence electrons. The second-order valence-corrected chi connectivity index (χ2v) is 9.03. The van der Waals surface area contributed by atoms with Gasteiger partial charge in [-0.25, -0.2) is 8.78 Å². The highest BCUT2D eigenvalue weighted by molar-refractivity contribution is 5.96. The van der Waals surface area contributed by atoms with Crippen LogP contribution in [-0.2, 0) is 16.1 Å². The minimum absolute atomic E-state index is 0.206. The van der Waals surface area contributed by atoms with E-state index in [-0.39, 0.29) is 22.9 Å². The fourth-order valence-electron chi connectivity index (χ4n) is 4.93. The molecular weight excluding hydrogens is 454 g/mol. The first-order valence-electron chi connectivity index (χ1n) is 11.8. The number of aromatic nitrogens is 2. The smallest absolute Gasteiger partial charge is 0.234 e. The first kappa shape index (κ1) is 23.4. The van der Waals surface area contributed by atoms with Crippen molar-refractivity contribution in [2.75, 3.05) is 43.1 Å². The summed E-state index contributed by atoms with van der Waals surface area (Å²) in [6.45, 7) is 5.73. The molecule has 1 unspecified atom stereocenters. The number of benzene rings is 1. The summed E-state index contributed by atoms with van der Waals surface area (Å²) in [6.07, 6.45) is 5.00. The molecule has 0 aliphatic carbocycles. The zero-order valence-corrected chi connectivity index (χ0v) is 19.6. The van der Waals surface area contributed by atoms with E-state index in [0.29, 0.717) is 49.8 Å². The summed E-state index contributed by atoms with van der Waals surface area (Å²) in [4.78, 5) is 25.0. The zero-order chi connectivity index (χ0) is 24.5. The van der Waals surface area contributed by atoms with Gasteiger partial charge in [-0.2, -0.15) is 0 Å². The van der Waals surface area contributed by atoms with Gasteiger partial charge in [0.05, 0.1) is 65.3 Å². The SMILES string of the molecule is Cc1c(CN2CCCC2C(N)=O)nc2cc(F)cc(F)c2c1Nc1cncc(N2CCOCC2)c1. The number of nitrogens with one attached hydrogen (secondary N) is 1. The van der Waals surface area contributed by atoms with E-state index in [9.17, 15) is 9.18 Å². The number of rotatable bonds is 6. The lowest BCUT2D eigenvalue weighted by Crippen LogP contribution is -2.40. The molecule has 2 saturated heterocycles. The molecule has 10 heteroatoms. The summed E-state index contributed by atoms with van der Waals surface area (Å²) in [5, 5.41) is 3.53. The molecule has 0 bridgehead atoms. The average molecular weight is 483 g/mol. The van der Waals surface area contributed by atoms with Gasteiger partial charge in [0, 0.05) is 31.8 Å². The van der Waals surface area contributed by atoms with Crippen molar-refractivity contribution in [3.8, 4) is 0 Å². The number of halogens is 2. The number of pyridine rings is 2. The first-order valence-corrected chi connectivity index (χ1v) is 11.8. The van der Waals surface area contributed by atoms with E-state index in [1.807, 2.05) is 17.9 Å². The maximum atomic E-state index is 15.0. The van der Waals surface area contributed by atoms with E-state index in [0.717, 1.165) is 36.8 Å². The van der Waals surface area contributed by atoms with Gasteiger partial charge in [-0.15, -0.1) is 0 Å². The number of hydrogen-bond acceptors (Lipinski definition) is 7. The number of carbonyl (C=O) groups is 1. The maximum absolute atomic E-state index is 15.0. The number of carbonyl (C=O) groups excluding carboxylic acids is 1. The first-order chi connectivity index (χ1) is 16.9. The molecule has 2 aliphatic rings. The summed E-state index contributed by atoms with van der Waals surface area (Å²) < 4.78 is 34.6. The minimum atomic E-state index is -0.699. The van der Waals surface area contributed by atoms with Crippen LogP contribution in [0.2, 0.25) is 0 Å². The lowest BCUT2D eigenvalue weighted by molar-refractivity contribution is -0.122. The van der Waals surface area contributed by atoms with Gasteiger partial charge in [0.15, 0.2) is 0 Å². The number of anilines is 3. The quantitative estimate of drug-likeness (QED) is 0.557. The Labute approximate surface area is 202 Å². The lowest BCUT2D eigenvalue weighted by Gasteiger charge is -2.29. The van der Waals surface area contributed by atoms with Gasteiger partial charge in [0.1, 0.15) is 11.6 Å². The number of morpholine rings is 1. The van der Waals surface area contributed by atoms with E-state index >= 15 is 4.39 Å². The van der Waals surface area contributed by atoms with Crippen molar-refractivity contribution in [3.63, 3.8) is 0 Å². The van der Waals surface area contributed by atoms with Crippen LogP contribution in [0.25, 0.3) is 10.9 Å². The summed E-state index contributed by atoms with van der Waals surface area (Å²) >= 11 is 0. The number of amides is 1. The Morgan fingerprint density at radius 2 is 2.00 bits per heavy atom. The molecule has 3 aromatic rings. The molecule has 1 amide bonds. The fourth-order valence-corrected chi connectivity index (χ4v) is 4.93. The van der Waals surface area contributed by atoms with Gasteiger partial charge in [0.2, 0.25) is 5.91 Å². The predicted octanol–water partition coefficient (Wildman–Crippen LogP) is 3.25. The number of likely N-dealkylation sites (tertiary alicyclic amines) is 1. The number of hydrogen-bond donors (Lipinski definition) is 2. The Morgan fingerprint density at radius 1 is 1.20 bits per heavy atom. The summed E-state index contributed by atoms with van der Waals surface area (Å²) in [5.74, 6) is -1.77. The van der Waals surface area contributed by atoms with Crippen LogP contribution < -0.4 is 16.0 Å². The molecule has 1 atom stereocenters. The largest absolute Gasteiger partial charge is 0.378 e. The van der Waals surface area contributed by atoms with E-state index in [1.54, 1.807) is 12.4 Å². The number of primary amides is 1. The molecule has 1 aromatic carbocycles. The topological polar surface area (TPSA) is 96.6 Å². The average Bonchev–Trinajstić information content (AvgIpc) is 3.31. The van der Waals surface area contributed by atoms with Crippen LogP contribution in [0.4, 0.5) is 25.8 Å². The third-order valence-electron chi connectivity index (χ3n) is 6.76. The van der Waals surface area contributed by atoms with E-state index in [2.05, 4.69) is 20.2 Å². The van der Waals surface area contributed by atoms with Crippen molar-refractivity contribution in [2.24, 2.45) is 5.73 Å². The van der Waals surface area contributed by atoms with E-state index in [1.165, 1.54) is 6.07 Å². The standard InChI is InChI=1S/C25H28F2N6O2/c1-15-21(14-33-4-2-3-22(33)25(28)34)31-20-10-16(26)9-19(27)23(20)24(15)30-17-11-18(13-29-12-17)32-5-7-35-8-6-32/h9-13,22H,2-8,14H2,1H3,(H2,28,34)(H,30,31). The van der Waals surface area contributed by atoms with Crippen LogP contribution in [0.3, 0.4) is 0 Å². The van der Waals surface area contributed by atoms with Crippen LogP contribution in [-0.4, -0.2) is 59.7 Å². The van der Waals surface area contributed by atoms with Gasteiger partial charge in [-0.3, -0.25) is 19.7 Å². The maximum Gasteiger partial charge on any atom is 0.234 e. The van der Waals surface area contributed by atoms with Crippen molar-refractivity contribution < 1.29 is 18.3 Å². The van der Waals surface area contributed by atoms with Crippen LogP contribution in [0, 0.1) is 18.6 Å². The Balaban J connectivity index is 1.55. The van der Waals surface area contributed by atoms with Gasteiger partial charge in [-0.05, 0) is 37.9 Å². The highest BCUT2D eigenvalue weighted by Crippen LogP contribution is 2.35. The Kier molecular flexibility index (Phi) is 6.48. The number of fused-ring (bicyclic) bond motifs is 1. The summed E-state index contributed by atoms with van der Waals surface area (Å²) in [7, 11) is 0. The molecule has 2 aromatic heterocycles. The van der Waals surface area contributed by atoms with E-state index < -0.39 is 11.6 Å². The highest BCUT2D eigenvalue weighted by atomic mass is 19.1.